The summed E-state index contributed by atoms with van der Waals surface area (Å²) < 4.78 is 0. The Balaban J connectivity index is 1.81. The summed E-state index contributed by atoms with van der Waals surface area (Å²) in [6.07, 6.45) is 0.0306. The molecule has 8 nitrogen and oxygen atoms in total. The number of hydrogen-bond donors (Lipinski definition) is 2. The fourth-order valence-electron chi connectivity index (χ4n) is 2.58. The third kappa shape index (κ3) is 6.44. The normalized spacial score (nSPS) is 10.1. The molecule has 0 spiro atoms. The van der Waals surface area contributed by atoms with E-state index in [0.29, 0.717) is 22.5 Å². The SMILES string of the molecule is CN(C)C(=O)c1ccc(NC(=O)CCC(=O)Nc2ccc(C(=O)N(C)C)cc2)cc1. The highest BCUT2D eigenvalue weighted by Gasteiger charge is 2.11. The van der Waals surface area contributed by atoms with E-state index in [0.717, 1.165) is 0 Å². The minimum absolute atomic E-state index is 0.0153. The van der Waals surface area contributed by atoms with Crippen molar-refractivity contribution in [2.45, 2.75) is 12.8 Å². The largest absolute Gasteiger partial charge is 0.345 e. The van der Waals surface area contributed by atoms with Gasteiger partial charge in [0.25, 0.3) is 11.8 Å². The lowest BCUT2D eigenvalue weighted by atomic mass is 10.1. The van der Waals surface area contributed by atoms with E-state index < -0.39 is 0 Å². The summed E-state index contributed by atoms with van der Waals surface area (Å²) in [7, 11) is 6.67. The molecule has 0 saturated carbocycles. The molecule has 2 aromatic carbocycles. The van der Waals surface area contributed by atoms with Crippen molar-refractivity contribution in [2.24, 2.45) is 0 Å². The van der Waals surface area contributed by atoms with E-state index in [-0.39, 0.29) is 36.5 Å². The first-order valence-electron chi connectivity index (χ1n) is 9.40. The molecule has 0 unspecified atom stereocenters. The van der Waals surface area contributed by atoms with E-state index in [1.54, 1.807) is 76.7 Å². The van der Waals surface area contributed by atoms with E-state index in [1.165, 1.54) is 9.80 Å². The third-order valence-corrected chi connectivity index (χ3v) is 4.22. The number of carbonyl (C=O) groups excluding carboxylic acids is 4. The highest BCUT2D eigenvalue weighted by molar-refractivity contribution is 5.98. The van der Waals surface area contributed by atoms with Crippen LogP contribution in [0, 0.1) is 0 Å². The maximum atomic E-state index is 12.1. The van der Waals surface area contributed by atoms with E-state index in [2.05, 4.69) is 10.6 Å². The summed E-state index contributed by atoms with van der Waals surface area (Å²) in [6, 6.07) is 13.1. The first kappa shape index (κ1) is 22.6. The first-order valence-corrected chi connectivity index (χ1v) is 9.40. The zero-order valence-corrected chi connectivity index (χ0v) is 17.6. The van der Waals surface area contributed by atoms with Gasteiger partial charge in [-0.1, -0.05) is 0 Å². The van der Waals surface area contributed by atoms with Gasteiger partial charge in [-0.2, -0.15) is 0 Å². The minimum Gasteiger partial charge on any atom is -0.345 e. The van der Waals surface area contributed by atoms with Crippen molar-refractivity contribution >= 4 is 35.0 Å². The molecule has 0 bridgehead atoms. The summed E-state index contributed by atoms with van der Waals surface area (Å²) in [5.74, 6) is -0.847. The molecule has 8 heteroatoms. The number of nitrogens with one attached hydrogen (secondary N) is 2. The molecule has 4 amide bonds. The lowest BCUT2D eigenvalue weighted by Gasteiger charge is -2.11. The van der Waals surface area contributed by atoms with Crippen molar-refractivity contribution in [1.29, 1.82) is 0 Å². The Morgan fingerprint density at radius 2 is 0.900 bits per heavy atom. The second kappa shape index (κ2) is 10.2. The Hall–Kier alpha value is -3.68. The molecule has 158 valence electrons. The van der Waals surface area contributed by atoms with Crippen LogP contribution in [0.1, 0.15) is 33.6 Å². The van der Waals surface area contributed by atoms with Gasteiger partial charge in [-0.05, 0) is 48.5 Å². The molecule has 0 atom stereocenters. The zero-order chi connectivity index (χ0) is 22.3. The molecule has 0 fully saturated rings. The van der Waals surface area contributed by atoms with Crippen LogP contribution in [-0.2, 0) is 9.59 Å². The van der Waals surface area contributed by atoms with Crippen molar-refractivity contribution < 1.29 is 19.2 Å². The van der Waals surface area contributed by atoms with Crippen molar-refractivity contribution in [1.82, 2.24) is 9.80 Å². The zero-order valence-electron chi connectivity index (χ0n) is 17.6. The predicted molar refractivity (Wildman–Crippen MR) is 115 cm³/mol. The molecule has 0 aromatic heterocycles. The van der Waals surface area contributed by atoms with E-state index in [1.807, 2.05) is 0 Å². The Labute approximate surface area is 175 Å². The van der Waals surface area contributed by atoms with Crippen LogP contribution >= 0.6 is 0 Å². The molecule has 0 radical (unpaired) electrons. The van der Waals surface area contributed by atoms with Gasteiger partial charge in [0.1, 0.15) is 0 Å². The van der Waals surface area contributed by atoms with Crippen molar-refractivity contribution in [3.05, 3.63) is 59.7 Å². The van der Waals surface area contributed by atoms with E-state index >= 15 is 0 Å². The molecule has 30 heavy (non-hydrogen) atoms. The maximum absolute atomic E-state index is 12.1. The maximum Gasteiger partial charge on any atom is 0.253 e. The number of carbonyl (C=O) groups is 4. The Morgan fingerprint density at radius 3 is 1.17 bits per heavy atom. The molecule has 2 N–H and O–H groups in total. The van der Waals surface area contributed by atoms with Gasteiger partial charge in [0.2, 0.25) is 11.8 Å². The average Bonchev–Trinajstić information content (AvgIpc) is 2.72. The topological polar surface area (TPSA) is 98.8 Å². The summed E-state index contributed by atoms with van der Waals surface area (Å²) in [5.41, 5.74) is 2.15. The first-order chi connectivity index (χ1) is 14.2. The van der Waals surface area contributed by atoms with Gasteiger partial charge in [0.05, 0.1) is 0 Å². The molecule has 0 heterocycles. The Kier molecular flexibility index (Phi) is 7.69. The lowest BCUT2D eigenvalue weighted by Crippen LogP contribution is -2.21. The summed E-state index contributed by atoms with van der Waals surface area (Å²) in [6.45, 7) is 0. The van der Waals surface area contributed by atoms with Crippen LogP contribution in [0.4, 0.5) is 11.4 Å². The molecule has 2 rings (SSSR count). The van der Waals surface area contributed by atoms with Crippen LogP contribution in [0.5, 0.6) is 0 Å². The standard InChI is InChI=1S/C22H26N4O4/c1-25(2)21(29)15-5-9-17(10-6-15)23-19(27)13-14-20(28)24-18-11-7-16(8-12-18)22(30)26(3)4/h5-12H,13-14H2,1-4H3,(H,23,27)(H,24,28). The minimum atomic E-state index is -0.302. The monoisotopic (exact) mass is 410 g/mol. The molecule has 0 saturated heterocycles. The second-order valence-electron chi connectivity index (χ2n) is 7.15. The van der Waals surface area contributed by atoms with Gasteiger partial charge < -0.3 is 20.4 Å². The van der Waals surface area contributed by atoms with Crippen LogP contribution in [0.3, 0.4) is 0 Å². The highest BCUT2D eigenvalue weighted by atomic mass is 16.2. The average molecular weight is 410 g/mol. The van der Waals surface area contributed by atoms with Gasteiger partial charge in [0.15, 0.2) is 0 Å². The molecule has 0 aliphatic heterocycles. The predicted octanol–water partition coefficient (Wildman–Crippen LogP) is 2.45. The van der Waals surface area contributed by atoms with Crippen LogP contribution in [0.25, 0.3) is 0 Å². The molecule has 0 aliphatic rings. The van der Waals surface area contributed by atoms with Gasteiger partial charge in [0, 0.05) is 63.5 Å². The van der Waals surface area contributed by atoms with E-state index in [9.17, 15) is 19.2 Å². The Bertz CT molecular complexity index is 842. The number of amides is 4. The van der Waals surface area contributed by atoms with Crippen LogP contribution in [0.15, 0.2) is 48.5 Å². The van der Waals surface area contributed by atoms with Crippen molar-refractivity contribution in [3.63, 3.8) is 0 Å². The molecular weight excluding hydrogens is 384 g/mol. The van der Waals surface area contributed by atoms with Crippen molar-refractivity contribution in [2.75, 3.05) is 38.8 Å². The number of anilines is 2. The summed E-state index contributed by atoms with van der Waals surface area (Å²) in [5, 5.41) is 5.40. The van der Waals surface area contributed by atoms with Crippen LogP contribution < -0.4 is 10.6 Å². The second-order valence-corrected chi connectivity index (χ2v) is 7.15. The van der Waals surface area contributed by atoms with Gasteiger partial charge in [-0.3, -0.25) is 19.2 Å². The third-order valence-electron chi connectivity index (χ3n) is 4.22. The molecule has 0 aliphatic carbocycles. The number of nitrogens with zero attached hydrogens (tertiary/aromatic N) is 2. The number of rotatable bonds is 7. The summed E-state index contributed by atoms with van der Waals surface area (Å²) >= 11 is 0. The number of benzene rings is 2. The van der Waals surface area contributed by atoms with Crippen molar-refractivity contribution in [3.8, 4) is 0 Å². The van der Waals surface area contributed by atoms with Crippen LogP contribution in [-0.4, -0.2) is 61.6 Å². The van der Waals surface area contributed by atoms with Gasteiger partial charge in [-0.25, -0.2) is 0 Å². The fraction of sp³-hybridized carbons (Fsp3) is 0.273. The smallest absolute Gasteiger partial charge is 0.253 e. The van der Waals surface area contributed by atoms with Gasteiger partial charge >= 0.3 is 0 Å². The lowest BCUT2D eigenvalue weighted by molar-refractivity contribution is -0.121. The van der Waals surface area contributed by atoms with Crippen LogP contribution in [0.2, 0.25) is 0 Å². The highest BCUT2D eigenvalue weighted by Crippen LogP contribution is 2.13. The quantitative estimate of drug-likeness (QED) is 0.732. The van der Waals surface area contributed by atoms with Gasteiger partial charge in [-0.15, -0.1) is 0 Å². The Morgan fingerprint density at radius 1 is 0.600 bits per heavy atom. The fourth-order valence-corrected chi connectivity index (χ4v) is 2.58. The molecular formula is C22H26N4O4. The molecule has 2 aromatic rings. The number of hydrogen-bond acceptors (Lipinski definition) is 4. The summed E-state index contributed by atoms with van der Waals surface area (Å²) in [4.78, 5) is 50.8. The van der Waals surface area contributed by atoms with E-state index in [4.69, 9.17) is 0 Å².